The van der Waals surface area contributed by atoms with E-state index in [1.807, 2.05) is 0 Å². The first kappa shape index (κ1) is 28.5. The van der Waals surface area contributed by atoms with E-state index in [0.29, 0.717) is 61.0 Å². The molecule has 39 heavy (non-hydrogen) atoms. The summed E-state index contributed by atoms with van der Waals surface area (Å²) in [6.07, 6.45) is 0.767. The van der Waals surface area contributed by atoms with Gasteiger partial charge in [0.15, 0.2) is 17.4 Å². The summed E-state index contributed by atoms with van der Waals surface area (Å²) in [4.78, 5) is 30.0. The van der Waals surface area contributed by atoms with Gasteiger partial charge in [-0.1, -0.05) is 23.2 Å². The van der Waals surface area contributed by atoms with Crippen molar-refractivity contribution in [3.05, 3.63) is 69.5 Å². The Bertz CT molecular complexity index is 1320. The number of nitrogen functional groups attached to an aromatic ring is 1. The molecule has 10 nitrogen and oxygen atoms in total. The Balaban J connectivity index is 1.43. The molecule has 206 valence electrons. The second-order valence-electron chi connectivity index (χ2n) is 8.75. The van der Waals surface area contributed by atoms with Gasteiger partial charge >= 0.3 is 0 Å². The van der Waals surface area contributed by atoms with E-state index >= 15 is 0 Å². The van der Waals surface area contributed by atoms with Crippen molar-refractivity contribution in [2.24, 2.45) is 0 Å². The van der Waals surface area contributed by atoms with Gasteiger partial charge < -0.3 is 20.5 Å². The van der Waals surface area contributed by atoms with E-state index in [0.717, 1.165) is 0 Å². The number of anilines is 3. The summed E-state index contributed by atoms with van der Waals surface area (Å²) >= 11 is 12.1. The van der Waals surface area contributed by atoms with Crippen LogP contribution in [0.4, 0.5) is 21.7 Å². The fraction of sp³-hybridized carbons (Fsp3) is 0.308. The lowest BCUT2D eigenvalue weighted by Gasteiger charge is -2.34. The minimum Gasteiger partial charge on any atom is -0.489 e. The highest BCUT2D eigenvalue weighted by Gasteiger charge is 2.22. The van der Waals surface area contributed by atoms with Gasteiger partial charge in [0, 0.05) is 55.8 Å². The van der Waals surface area contributed by atoms with E-state index in [1.165, 1.54) is 23.1 Å². The molecular weight excluding hydrogens is 550 g/mol. The van der Waals surface area contributed by atoms with Gasteiger partial charge in [-0.15, -0.1) is 10.2 Å². The first-order valence-electron chi connectivity index (χ1n) is 12.2. The summed E-state index contributed by atoms with van der Waals surface area (Å²) in [6, 6.07) is 10.6. The largest absolute Gasteiger partial charge is 0.489 e. The topological polar surface area (TPSA) is 125 Å². The number of piperazine rings is 1. The number of nitrogens with two attached hydrogens (primary N) is 1. The standard InChI is InChI=1S/C26H27Cl2FN6O4/c27-20-5-6-21(29)24(28)19(20)7-14-39-22-15-23(31-32-25(22)30)35(16-37)18-3-1-17(2-4-18)26(38)34-10-8-33(9-11-34)12-13-36/h1-6,15-16,36H,7-14H2,(H2,30,32). The number of β-amino-alcohol motifs (C(OH)–C–C–N with tert-alkyl or cyclic N) is 1. The molecule has 2 heterocycles. The second-order valence-corrected chi connectivity index (χ2v) is 9.54. The van der Waals surface area contributed by atoms with Crippen LogP contribution < -0.4 is 15.4 Å². The highest BCUT2D eigenvalue weighted by Crippen LogP contribution is 2.30. The van der Waals surface area contributed by atoms with E-state index in [1.54, 1.807) is 29.2 Å². The summed E-state index contributed by atoms with van der Waals surface area (Å²) in [5.74, 6) is -0.374. The van der Waals surface area contributed by atoms with Crippen molar-refractivity contribution in [1.82, 2.24) is 20.0 Å². The number of carbonyl (C=O) groups excluding carboxylic acids is 2. The molecular formula is C26H27Cl2FN6O4. The predicted octanol–water partition coefficient (Wildman–Crippen LogP) is 3.17. The minimum absolute atomic E-state index is 0.000987. The maximum atomic E-state index is 13.8. The number of ether oxygens (including phenoxy) is 1. The number of halogens is 3. The first-order valence-corrected chi connectivity index (χ1v) is 12.9. The van der Waals surface area contributed by atoms with Crippen LogP contribution in [0, 0.1) is 5.82 Å². The summed E-state index contributed by atoms with van der Waals surface area (Å²) in [6.45, 7) is 3.29. The molecule has 13 heteroatoms. The lowest BCUT2D eigenvalue weighted by Crippen LogP contribution is -2.49. The predicted molar refractivity (Wildman–Crippen MR) is 146 cm³/mol. The van der Waals surface area contributed by atoms with Gasteiger partial charge in [0.25, 0.3) is 5.91 Å². The van der Waals surface area contributed by atoms with Crippen LogP contribution in [0.15, 0.2) is 42.5 Å². The zero-order valence-corrected chi connectivity index (χ0v) is 22.4. The number of amides is 2. The molecule has 1 aliphatic heterocycles. The molecule has 0 radical (unpaired) electrons. The first-order chi connectivity index (χ1) is 18.8. The fourth-order valence-electron chi connectivity index (χ4n) is 4.18. The van der Waals surface area contributed by atoms with E-state index in [4.69, 9.17) is 38.8 Å². The van der Waals surface area contributed by atoms with Crippen LogP contribution in [-0.4, -0.2) is 83.4 Å². The third kappa shape index (κ3) is 6.74. The van der Waals surface area contributed by atoms with E-state index < -0.39 is 5.82 Å². The van der Waals surface area contributed by atoms with Crippen molar-refractivity contribution < 1.29 is 23.8 Å². The van der Waals surface area contributed by atoms with Crippen LogP contribution in [-0.2, 0) is 11.2 Å². The number of rotatable bonds is 10. The molecule has 0 saturated carbocycles. The second kappa shape index (κ2) is 13.0. The molecule has 4 rings (SSSR count). The van der Waals surface area contributed by atoms with Crippen LogP contribution >= 0.6 is 23.2 Å². The van der Waals surface area contributed by atoms with E-state index in [-0.39, 0.29) is 47.9 Å². The average Bonchev–Trinajstić information content (AvgIpc) is 2.95. The van der Waals surface area contributed by atoms with Crippen LogP contribution in [0.5, 0.6) is 5.75 Å². The molecule has 1 aliphatic rings. The number of aromatic nitrogens is 2. The molecule has 0 spiro atoms. The van der Waals surface area contributed by atoms with Crippen molar-refractivity contribution in [3.8, 4) is 5.75 Å². The molecule has 0 bridgehead atoms. The zero-order chi connectivity index (χ0) is 27.9. The Kier molecular flexibility index (Phi) is 9.52. The highest BCUT2D eigenvalue weighted by molar-refractivity contribution is 6.36. The normalized spacial score (nSPS) is 13.8. The van der Waals surface area contributed by atoms with Gasteiger partial charge in [0.05, 0.1) is 23.9 Å². The molecule has 1 aromatic heterocycles. The smallest absolute Gasteiger partial charge is 0.253 e. The number of hydrogen-bond donors (Lipinski definition) is 2. The van der Waals surface area contributed by atoms with Gasteiger partial charge in [-0.3, -0.25) is 19.4 Å². The summed E-state index contributed by atoms with van der Waals surface area (Å²) in [5, 5.41) is 17.2. The molecule has 0 atom stereocenters. The molecule has 1 fully saturated rings. The number of aliphatic hydroxyl groups is 1. The van der Waals surface area contributed by atoms with Crippen molar-refractivity contribution in [2.45, 2.75) is 6.42 Å². The van der Waals surface area contributed by atoms with Gasteiger partial charge in [-0.05, 0) is 42.0 Å². The van der Waals surface area contributed by atoms with E-state index in [9.17, 15) is 14.0 Å². The maximum absolute atomic E-state index is 13.8. The Hall–Kier alpha value is -3.51. The van der Waals surface area contributed by atoms with Gasteiger partial charge in [0.1, 0.15) is 5.82 Å². The van der Waals surface area contributed by atoms with Gasteiger partial charge in [0.2, 0.25) is 6.41 Å². The Morgan fingerprint density at radius 2 is 1.85 bits per heavy atom. The molecule has 3 N–H and O–H groups in total. The highest BCUT2D eigenvalue weighted by atomic mass is 35.5. The quantitative estimate of drug-likeness (QED) is 0.278. The van der Waals surface area contributed by atoms with Crippen LogP contribution in [0.3, 0.4) is 0 Å². The Labute approximate surface area is 234 Å². The molecule has 0 unspecified atom stereocenters. The third-order valence-electron chi connectivity index (χ3n) is 6.34. The molecule has 3 aromatic rings. The van der Waals surface area contributed by atoms with Crippen LogP contribution in [0.25, 0.3) is 0 Å². The Morgan fingerprint density at radius 1 is 1.13 bits per heavy atom. The van der Waals surface area contributed by atoms with Crippen molar-refractivity contribution in [1.29, 1.82) is 0 Å². The monoisotopic (exact) mass is 576 g/mol. The Morgan fingerprint density at radius 3 is 2.51 bits per heavy atom. The van der Waals surface area contributed by atoms with Gasteiger partial charge in [-0.2, -0.15) is 0 Å². The lowest BCUT2D eigenvalue weighted by atomic mass is 10.1. The number of hydrogen-bond acceptors (Lipinski definition) is 8. The molecule has 1 saturated heterocycles. The molecule has 0 aliphatic carbocycles. The van der Waals surface area contributed by atoms with Crippen molar-refractivity contribution in [3.63, 3.8) is 0 Å². The minimum atomic E-state index is -0.585. The number of nitrogens with zero attached hydrogens (tertiary/aromatic N) is 5. The summed E-state index contributed by atoms with van der Waals surface area (Å²) < 4.78 is 19.5. The van der Waals surface area contributed by atoms with Gasteiger partial charge in [-0.25, -0.2) is 4.39 Å². The maximum Gasteiger partial charge on any atom is 0.253 e. The molecule has 2 aromatic carbocycles. The van der Waals surface area contributed by atoms with Crippen molar-refractivity contribution >= 4 is 52.8 Å². The molecule has 2 amide bonds. The van der Waals surface area contributed by atoms with Crippen LogP contribution in [0.2, 0.25) is 10.0 Å². The average molecular weight is 577 g/mol. The van der Waals surface area contributed by atoms with Crippen molar-refractivity contribution in [2.75, 3.05) is 56.6 Å². The number of carbonyl (C=O) groups is 2. The summed E-state index contributed by atoms with van der Waals surface area (Å²) in [5.41, 5.74) is 7.25. The third-order valence-corrected chi connectivity index (χ3v) is 7.10. The lowest BCUT2D eigenvalue weighted by molar-refractivity contribution is -0.106. The summed E-state index contributed by atoms with van der Waals surface area (Å²) in [7, 11) is 0. The van der Waals surface area contributed by atoms with Crippen LogP contribution in [0.1, 0.15) is 15.9 Å². The zero-order valence-electron chi connectivity index (χ0n) is 20.9. The van der Waals surface area contributed by atoms with E-state index in [2.05, 4.69) is 15.1 Å². The number of aliphatic hydroxyl groups excluding tert-OH is 1. The number of benzene rings is 2. The fourth-order valence-corrected chi connectivity index (χ4v) is 4.74. The SMILES string of the molecule is Nc1nnc(N(C=O)c2ccc(C(=O)N3CCN(CCO)CC3)cc2)cc1OCCc1c(Cl)ccc(F)c1Cl.